The molecular weight excluding hydrogens is 291 g/mol. The number of benzene rings is 1. The molecule has 1 aromatic carbocycles. The Morgan fingerprint density at radius 2 is 1.71 bits per heavy atom. The first-order chi connectivity index (χ1) is 9.93. The molecule has 0 spiro atoms. The van der Waals surface area contributed by atoms with E-state index >= 15 is 0 Å². The van der Waals surface area contributed by atoms with Gasteiger partial charge in [-0.3, -0.25) is 9.36 Å². The second-order valence-electron chi connectivity index (χ2n) is 4.70. The van der Waals surface area contributed by atoms with Gasteiger partial charge in [0.2, 0.25) is 0 Å². The molecule has 0 amide bonds. The predicted molar refractivity (Wildman–Crippen MR) is 81.3 cm³/mol. The lowest BCUT2D eigenvalue weighted by Gasteiger charge is -2.25. The monoisotopic (exact) mass is 314 g/mol. The van der Waals surface area contributed by atoms with Gasteiger partial charge in [0.15, 0.2) is 0 Å². The zero-order chi connectivity index (χ0) is 15.9. The van der Waals surface area contributed by atoms with Crippen LogP contribution < -0.4 is 0 Å². The van der Waals surface area contributed by atoms with Crippen molar-refractivity contribution in [3.63, 3.8) is 0 Å². The average Bonchev–Trinajstić information content (AvgIpc) is 2.45. The van der Waals surface area contributed by atoms with Crippen LogP contribution in [0.5, 0.6) is 0 Å². The Bertz CT molecular complexity index is 478. The van der Waals surface area contributed by atoms with Crippen molar-refractivity contribution < 1.29 is 23.5 Å². The summed E-state index contributed by atoms with van der Waals surface area (Å²) in [5.41, 5.74) is 0.609. The molecule has 21 heavy (non-hydrogen) atoms. The van der Waals surface area contributed by atoms with Gasteiger partial charge in [0, 0.05) is 0 Å². The molecule has 6 heteroatoms. The molecule has 0 aliphatic heterocycles. The van der Waals surface area contributed by atoms with Gasteiger partial charge in [0.1, 0.15) is 5.78 Å². The smallest absolute Gasteiger partial charge is 0.331 e. The van der Waals surface area contributed by atoms with Crippen LogP contribution in [0.1, 0.15) is 32.4 Å². The molecule has 0 radical (unpaired) electrons. The van der Waals surface area contributed by atoms with Gasteiger partial charge in [-0.15, -0.1) is 0 Å². The molecule has 0 aromatic heterocycles. The first kappa shape index (κ1) is 18.1. The number of aliphatic hydroxyl groups is 1. The third-order valence-corrected chi connectivity index (χ3v) is 5.26. The molecule has 1 aromatic rings. The van der Waals surface area contributed by atoms with E-state index in [-0.39, 0.29) is 25.2 Å². The van der Waals surface area contributed by atoms with Crippen molar-refractivity contribution in [2.75, 3.05) is 19.4 Å². The van der Waals surface area contributed by atoms with Crippen LogP contribution in [0.15, 0.2) is 30.3 Å². The molecule has 1 rings (SSSR count). The zero-order valence-corrected chi connectivity index (χ0v) is 13.6. The molecule has 0 heterocycles. The number of hydrogen-bond acceptors (Lipinski definition) is 5. The second kappa shape index (κ2) is 8.44. The summed E-state index contributed by atoms with van der Waals surface area (Å²) in [5.74, 6) is -1.07. The van der Waals surface area contributed by atoms with Crippen LogP contribution in [-0.4, -0.2) is 30.3 Å². The highest BCUT2D eigenvalue weighted by atomic mass is 31.2. The normalized spacial score (nSPS) is 14.7. The summed E-state index contributed by atoms with van der Waals surface area (Å²) >= 11 is 0. The van der Waals surface area contributed by atoms with Crippen LogP contribution in [0.2, 0.25) is 0 Å². The summed E-state index contributed by atoms with van der Waals surface area (Å²) in [7, 11) is -3.38. The Hall–Kier alpha value is -1.00. The molecule has 0 aliphatic rings. The standard InChI is InChI=1S/C15H23O5P/c1-4-19-21(18,20-5-2)11-14(12(3)16)15(17)13-9-7-6-8-10-13/h6-10,14-15,17H,4-5,11H2,1-3H3/t14-,15-/m0/s1. The molecule has 0 saturated heterocycles. The third kappa shape index (κ3) is 5.36. The lowest BCUT2D eigenvalue weighted by Crippen LogP contribution is -2.25. The molecule has 118 valence electrons. The number of Topliss-reactive ketones (excluding diaryl/α,β-unsaturated/α-hetero) is 1. The first-order valence-corrected chi connectivity index (χ1v) is 8.78. The molecule has 0 saturated carbocycles. The van der Waals surface area contributed by atoms with Gasteiger partial charge in [0.25, 0.3) is 0 Å². The average molecular weight is 314 g/mol. The van der Waals surface area contributed by atoms with Gasteiger partial charge in [0.05, 0.1) is 31.4 Å². The summed E-state index contributed by atoms with van der Waals surface area (Å²) in [6, 6.07) is 8.84. The van der Waals surface area contributed by atoms with E-state index < -0.39 is 19.6 Å². The van der Waals surface area contributed by atoms with Gasteiger partial charge in [-0.05, 0) is 26.3 Å². The van der Waals surface area contributed by atoms with E-state index in [0.29, 0.717) is 5.56 Å². The van der Waals surface area contributed by atoms with Crippen LogP contribution in [0.25, 0.3) is 0 Å². The van der Waals surface area contributed by atoms with Crippen molar-refractivity contribution in [3.8, 4) is 0 Å². The lowest BCUT2D eigenvalue weighted by atomic mass is 9.94. The van der Waals surface area contributed by atoms with Crippen molar-refractivity contribution in [1.82, 2.24) is 0 Å². The summed E-state index contributed by atoms with van der Waals surface area (Å²) in [6.45, 7) is 5.25. The molecule has 0 aliphatic carbocycles. The predicted octanol–water partition coefficient (Wildman–Crippen LogP) is 3.19. The minimum atomic E-state index is -3.38. The van der Waals surface area contributed by atoms with Crippen LogP contribution >= 0.6 is 7.60 Å². The quantitative estimate of drug-likeness (QED) is 0.709. The van der Waals surface area contributed by atoms with Crippen LogP contribution in [0.4, 0.5) is 0 Å². The Labute approximate surface area is 125 Å². The van der Waals surface area contributed by atoms with Gasteiger partial charge in [-0.1, -0.05) is 30.3 Å². The Kier molecular flexibility index (Phi) is 7.26. The van der Waals surface area contributed by atoms with E-state index in [1.54, 1.807) is 38.1 Å². The van der Waals surface area contributed by atoms with E-state index in [4.69, 9.17) is 9.05 Å². The van der Waals surface area contributed by atoms with Gasteiger partial charge >= 0.3 is 7.60 Å². The molecule has 2 atom stereocenters. The largest absolute Gasteiger partial charge is 0.388 e. The van der Waals surface area contributed by atoms with E-state index in [1.807, 2.05) is 6.07 Å². The topological polar surface area (TPSA) is 72.8 Å². The number of hydrogen-bond donors (Lipinski definition) is 1. The summed E-state index contributed by atoms with van der Waals surface area (Å²) in [6.07, 6.45) is -1.15. The summed E-state index contributed by atoms with van der Waals surface area (Å²) < 4.78 is 23.0. The molecule has 0 bridgehead atoms. The van der Waals surface area contributed by atoms with Gasteiger partial charge in [-0.2, -0.15) is 0 Å². The van der Waals surface area contributed by atoms with Crippen LogP contribution in [0, 0.1) is 5.92 Å². The van der Waals surface area contributed by atoms with Crippen LogP contribution in [-0.2, 0) is 18.4 Å². The zero-order valence-electron chi connectivity index (χ0n) is 12.7. The summed E-state index contributed by atoms with van der Waals surface area (Å²) in [4.78, 5) is 11.9. The van der Waals surface area contributed by atoms with Crippen molar-refractivity contribution in [2.24, 2.45) is 5.92 Å². The molecule has 5 nitrogen and oxygen atoms in total. The number of ketones is 1. The molecule has 0 fully saturated rings. The number of carbonyl (C=O) groups excluding carboxylic acids is 1. The van der Waals surface area contributed by atoms with Crippen molar-refractivity contribution in [3.05, 3.63) is 35.9 Å². The minimum absolute atomic E-state index is 0.125. The molecule has 1 N–H and O–H groups in total. The Morgan fingerprint density at radius 3 is 2.14 bits per heavy atom. The molecule has 0 unspecified atom stereocenters. The first-order valence-electron chi connectivity index (χ1n) is 7.05. The highest BCUT2D eigenvalue weighted by Crippen LogP contribution is 2.51. The maximum atomic E-state index is 12.6. The highest BCUT2D eigenvalue weighted by molar-refractivity contribution is 7.53. The fourth-order valence-electron chi connectivity index (χ4n) is 2.11. The van der Waals surface area contributed by atoms with E-state index in [1.165, 1.54) is 6.92 Å². The Morgan fingerprint density at radius 1 is 1.19 bits per heavy atom. The number of rotatable bonds is 9. The van der Waals surface area contributed by atoms with Gasteiger partial charge in [-0.25, -0.2) is 0 Å². The van der Waals surface area contributed by atoms with Crippen LogP contribution in [0.3, 0.4) is 0 Å². The Balaban J connectivity index is 2.96. The third-order valence-electron chi connectivity index (χ3n) is 3.12. The van der Waals surface area contributed by atoms with Gasteiger partial charge < -0.3 is 14.2 Å². The summed E-state index contributed by atoms with van der Waals surface area (Å²) in [5, 5.41) is 10.4. The number of carbonyl (C=O) groups is 1. The van der Waals surface area contributed by atoms with E-state index in [0.717, 1.165) is 0 Å². The fourth-order valence-corrected chi connectivity index (χ4v) is 4.12. The number of aliphatic hydroxyl groups excluding tert-OH is 1. The van der Waals surface area contributed by atoms with E-state index in [9.17, 15) is 14.5 Å². The maximum absolute atomic E-state index is 12.6. The molecular formula is C15H23O5P. The maximum Gasteiger partial charge on any atom is 0.331 e. The van der Waals surface area contributed by atoms with Crippen molar-refractivity contribution >= 4 is 13.4 Å². The SMILES string of the molecule is CCOP(=O)(C[C@@H](C(C)=O)[C@@H](O)c1ccccc1)OCC. The second-order valence-corrected chi connectivity index (χ2v) is 6.81. The van der Waals surface area contributed by atoms with Crippen molar-refractivity contribution in [2.45, 2.75) is 26.9 Å². The highest BCUT2D eigenvalue weighted by Gasteiger charge is 2.35. The lowest BCUT2D eigenvalue weighted by molar-refractivity contribution is -0.123. The van der Waals surface area contributed by atoms with Crippen molar-refractivity contribution in [1.29, 1.82) is 0 Å². The van der Waals surface area contributed by atoms with E-state index in [2.05, 4.69) is 0 Å². The fraction of sp³-hybridized carbons (Fsp3) is 0.533. The minimum Gasteiger partial charge on any atom is -0.388 e.